The number of thioether (sulfide) groups is 1. The van der Waals surface area contributed by atoms with E-state index in [0.717, 1.165) is 17.3 Å². The van der Waals surface area contributed by atoms with Crippen molar-refractivity contribution in [1.29, 1.82) is 0 Å². The number of halogens is 2. The molecule has 0 radical (unpaired) electrons. The van der Waals surface area contributed by atoms with Crippen LogP contribution in [-0.4, -0.2) is 22.9 Å². The molecule has 0 saturated heterocycles. The van der Waals surface area contributed by atoms with Gasteiger partial charge in [0, 0.05) is 27.7 Å². The van der Waals surface area contributed by atoms with Gasteiger partial charge < -0.3 is 14.5 Å². The molecule has 0 fully saturated rings. The summed E-state index contributed by atoms with van der Waals surface area (Å²) >= 11 is 7.26. The molecule has 31 heavy (non-hydrogen) atoms. The van der Waals surface area contributed by atoms with Crippen molar-refractivity contribution in [3.8, 4) is 0 Å². The molecule has 3 rings (SSSR count). The fourth-order valence-electron chi connectivity index (χ4n) is 2.73. The average molecular weight is 464 g/mol. The lowest BCUT2D eigenvalue weighted by Crippen LogP contribution is -2.21. The molecule has 1 heterocycles. The lowest BCUT2D eigenvalue weighted by Gasteiger charge is -2.12. The van der Waals surface area contributed by atoms with Crippen molar-refractivity contribution in [2.45, 2.75) is 25.7 Å². The van der Waals surface area contributed by atoms with E-state index >= 15 is 0 Å². The van der Waals surface area contributed by atoms with Gasteiger partial charge in [-0.1, -0.05) is 11.6 Å². The van der Waals surface area contributed by atoms with E-state index in [1.54, 1.807) is 26.0 Å². The van der Waals surface area contributed by atoms with Gasteiger partial charge >= 0.3 is 11.6 Å². The number of carbonyl (C=O) groups is 2. The van der Waals surface area contributed by atoms with E-state index in [0.29, 0.717) is 27.2 Å². The lowest BCUT2D eigenvalue weighted by atomic mass is 10.1. The fraction of sp³-hybridized carbons (Fsp3) is 0.227. The molecule has 2 aromatic carbocycles. The van der Waals surface area contributed by atoms with Crippen LogP contribution >= 0.6 is 23.4 Å². The van der Waals surface area contributed by atoms with Crippen LogP contribution in [0.15, 0.2) is 51.7 Å². The Balaban J connectivity index is 1.56. The highest BCUT2D eigenvalue weighted by atomic mass is 35.5. The summed E-state index contributed by atoms with van der Waals surface area (Å²) in [4.78, 5) is 36.2. The number of aryl methyl sites for hydroxylation is 1. The number of benzene rings is 2. The fourth-order valence-corrected chi connectivity index (χ4v) is 3.57. The molecule has 0 saturated carbocycles. The highest BCUT2D eigenvalue weighted by molar-refractivity contribution is 8.01. The van der Waals surface area contributed by atoms with Gasteiger partial charge in [0.2, 0.25) is 5.91 Å². The Morgan fingerprint density at radius 2 is 1.94 bits per heavy atom. The van der Waals surface area contributed by atoms with Crippen LogP contribution in [0.1, 0.15) is 18.1 Å². The minimum Gasteiger partial charge on any atom is -0.460 e. The van der Waals surface area contributed by atoms with Crippen molar-refractivity contribution in [3.05, 3.63) is 74.9 Å². The number of hydrogen-bond acceptors (Lipinski definition) is 6. The zero-order chi connectivity index (χ0) is 22.5. The zero-order valence-electron chi connectivity index (χ0n) is 16.7. The molecular weight excluding hydrogens is 445 g/mol. The van der Waals surface area contributed by atoms with Gasteiger partial charge in [-0.3, -0.25) is 9.59 Å². The van der Waals surface area contributed by atoms with Gasteiger partial charge in [-0.15, -0.1) is 11.8 Å². The van der Waals surface area contributed by atoms with Crippen LogP contribution < -0.4 is 10.9 Å². The highest BCUT2D eigenvalue weighted by Crippen LogP contribution is 2.26. The average Bonchev–Trinajstić information content (AvgIpc) is 2.73. The number of ether oxygens (including phenoxy) is 1. The maximum absolute atomic E-state index is 12.9. The second-order valence-electron chi connectivity index (χ2n) is 6.80. The first-order valence-electron chi connectivity index (χ1n) is 9.29. The third kappa shape index (κ3) is 6.08. The first-order chi connectivity index (χ1) is 14.7. The largest absolute Gasteiger partial charge is 0.460 e. The summed E-state index contributed by atoms with van der Waals surface area (Å²) in [6, 6.07) is 9.96. The maximum Gasteiger partial charge on any atom is 0.336 e. The molecule has 0 spiro atoms. The van der Waals surface area contributed by atoms with Gasteiger partial charge in [0.1, 0.15) is 23.3 Å². The van der Waals surface area contributed by atoms with Crippen molar-refractivity contribution in [2.75, 3.05) is 11.1 Å². The number of nitrogens with one attached hydrogen (secondary N) is 1. The monoisotopic (exact) mass is 463 g/mol. The van der Waals surface area contributed by atoms with Crippen molar-refractivity contribution < 1.29 is 23.1 Å². The maximum atomic E-state index is 12.9. The summed E-state index contributed by atoms with van der Waals surface area (Å²) in [5, 5.41) is 3.10. The predicted molar refractivity (Wildman–Crippen MR) is 119 cm³/mol. The highest BCUT2D eigenvalue weighted by Gasteiger charge is 2.18. The molecule has 1 aromatic heterocycles. The molecule has 162 valence electrons. The number of amides is 1. The first kappa shape index (κ1) is 22.8. The summed E-state index contributed by atoms with van der Waals surface area (Å²) in [5.41, 5.74) is 1.51. The summed E-state index contributed by atoms with van der Waals surface area (Å²) in [7, 11) is 0. The van der Waals surface area contributed by atoms with Crippen molar-refractivity contribution in [1.82, 2.24) is 0 Å². The van der Waals surface area contributed by atoms with E-state index in [4.69, 9.17) is 20.8 Å². The van der Waals surface area contributed by atoms with E-state index in [1.807, 2.05) is 0 Å². The first-order valence-corrected chi connectivity index (χ1v) is 10.7. The number of fused-ring (bicyclic) bond motifs is 1. The second kappa shape index (κ2) is 9.98. The van der Waals surface area contributed by atoms with Crippen LogP contribution in [-0.2, 0) is 20.9 Å². The number of carbonyl (C=O) groups excluding carboxylic acids is 2. The summed E-state index contributed by atoms with van der Waals surface area (Å²) in [5.74, 6) is -1.24. The van der Waals surface area contributed by atoms with Gasteiger partial charge in [0.15, 0.2) is 0 Å². The Bertz CT molecular complexity index is 1180. The molecule has 1 N–H and O–H groups in total. The van der Waals surface area contributed by atoms with Gasteiger partial charge in [-0.05, 0) is 55.8 Å². The van der Waals surface area contributed by atoms with Gasteiger partial charge in [0.05, 0.1) is 5.75 Å². The lowest BCUT2D eigenvalue weighted by molar-refractivity contribution is -0.143. The number of esters is 1. The summed E-state index contributed by atoms with van der Waals surface area (Å²) in [6.07, 6.45) is 0. The predicted octanol–water partition coefficient (Wildman–Crippen LogP) is 4.70. The van der Waals surface area contributed by atoms with Gasteiger partial charge in [0.25, 0.3) is 0 Å². The molecule has 0 bridgehead atoms. The van der Waals surface area contributed by atoms with Crippen LogP contribution in [0.5, 0.6) is 0 Å². The molecule has 0 aliphatic heterocycles. The zero-order valence-corrected chi connectivity index (χ0v) is 18.3. The molecule has 1 unspecified atom stereocenters. The Labute approximate surface area is 186 Å². The normalized spacial score (nSPS) is 11.9. The second-order valence-corrected chi connectivity index (χ2v) is 8.54. The van der Waals surface area contributed by atoms with E-state index < -0.39 is 22.7 Å². The van der Waals surface area contributed by atoms with Crippen LogP contribution in [0.2, 0.25) is 5.02 Å². The van der Waals surface area contributed by atoms with Crippen molar-refractivity contribution >= 4 is 51.9 Å². The molecule has 1 atom stereocenters. The quantitative estimate of drug-likeness (QED) is 0.404. The van der Waals surface area contributed by atoms with Crippen LogP contribution in [0.4, 0.5) is 10.1 Å². The van der Waals surface area contributed by atoms with Gasteiger partial charge in [-0.2, -0.15) is 0 Å². The van der Waals surface area contributed by atoms with Crippen LogP contribution in [0.3, 0.4) is 0 Å². The SMILES string of the molecule is Cc1cc2oc(=O)cc(COC(=O)C(C)SCC(=O)Nc3ccc(F)cc3)c2cc1Cl. The van der Waals surface area contributed by atoms with E-state index in [2.05, 4.69) is 5.32 Å². The number of hydrogen-bond donors (Lipinski definition) is 1. The molecule has 1 amide bonds. The molecule has 0 aliphatic carbocycles. The van der Waals surface area contributed by atoms with E-state index in [9.17, 15) is 18.8 Å². The molecule has 0 aliphatic rings. The van der Waals surface area contributed by atoms with Crippen molar-refractivity contribution in [3.63, 3.8) is 0 Å². The van der Waals surface area contributed by atoms with Crippen LogP contribution in [0.25, 0.3) is 11.0 Å². The standard InChI is InChI=1S/C22H19ClFNO5S/c1-12-7-19-17(9-18(12)23)14(8-21(27)30-19)10-29-22(28)13(2)31-11-20(26)25-16-5-3-15(24)4-6-16/h3-9,13H,10-11H2,1-2H3,(H,25,26). The van der Waals surface area contributed by atoms with E-state index in [-0.39, 0.29) is 18.3 Å². The minimum absolute atomic E-state index is 0.0143. The van der Waals surface area contributed by atoms with Crippen molar-refractivity contribution in [2.24, 2.45) is 0 Å². The molecular formula is C22H19ClFNO5S. The minimum atomic E-state index is -0.615. The number of anilines is 1. The Hall–Kier alpha value is -2.84. The summed E-state index contributed by atoms with van der Waals surface area (Å²) in [6.45, 7) is 3.28. The number of rotatable bonds is 7. The molecule has 3 aromatic rings. The molecule has 6 nitrogen and oxygen atoms in total. The van der Waals surface area contributed by atoms with Gasteiger partial charge in [-0.25, -0.2) is 9.18 Å². The molecule has 9 heteroatoms. The Morgan fingerprint density at radius 1 is 1.23 bits per heavy atom. The van der Waals surface area contributed by atoms with Crippen LogP contribution in [0, 0.1) is 12.7 Å². The smallest absolute Gasteiger partial charge is 0.336 e. The van der Waals surface area contributed by atoms with E-state index in [1.165, 1.54) is 30.3 Å². The Morgan fingerprint density at radius 3 is 2.65 bits per heavy atom. The third-order valence-electron chi connectivity index (χ3n) is 4.40. The Kier molecular flexibility index (Phi) is 7.35. The summed E-state index contributed by atoms with van der Waals surface area (Å²) < 4.78 is 23.4. The topological polar surface area (TPSA) is 85.6 Å². The third-order valence-corrected chi connectivity index (χ3v) is 5.93.